The van der Waals surface area contributed by atoms with Crippen LogP contribution in [0.4, 0.5) is 0 Å². The van der Waals surface area contributed by atoms with Crippen LogP contribution in [0.15, 0.2) is 60.5 Å². The Balaban J connectivity index is 1.55. The minimum absolute atomic E-state index is 0.0440. The van der Waals surface area contributed by atoms with Gasteiger partial charge in [-0.3, -0.25) is 14.9 Å². The molecule has 7 heteroatoms. The lowest BCUT2D eigenvalue weighted by Gasteiger charge is -2.15. The summed E-state index contributed by atoms with van der Waals surface area (Å²) in [5, 5.41) is 15.2. The topological polar surface area (TPSA) is 96.8 Å². The maximum atomic E-state index is 12.3. The molecule has 0 spiro atoms. The van der Waals surface area contributed by atoms with E-state index in [1.165, 1.54) is 0 Å². The summed E-state index contributed by atoms with van der Waals surface area (Å²) < 4.78 is 1.69. The van der Waals surface area contributed by atoms with Crippen LogP contribution < -0.4 is 11.1 Å². The molecule has 1 amide bonds. The number of nitrogens with two attached hydrogens (primary N) is 1. The molecule has 26 heavy (non-hydrogen) atoms. The van der Waals surface area contributed by atoms with Crippen molar-refractivity contribution in [1.82, 2.24) is 15.1 Å². The van der Waals surface area contributed by atoms with Crippen molar-refractivity contribution in [2.24, 2.45) is 11.7 Å². The molecule has 1 aromatic carbocycles. The van der Waals surface area contributed by atoms with Crippen molar-refractivity contribution in [2.75, 3.05) is 6.54 Å². The van der Waals surface area contributed by atoms with Crippen LogP contribution in [0.3, 0.4) is 0 Å². The van der Waals surface area contributed by atoms with E-state index >= 15 is 0 Å². The van der Waals surface area contributed by atoms with Crippen molar-refractivity contribution in [3.63, 3.8) is 0 Å². The van der Waals surface area contributed by atoms with Gasteiger partial charge in [-0.15, -0.1) is 0 Å². The summed E-state index contributed by atoms with van der Waals surface area (Å²) in [5.41, 5.74) is 7.94. The number of benzene rings is 1. The summed E-state index contributed by atoms with van der Waals surface area (Å²) in [6, 6.07) is 7.55. The second kappa shape index (κ2) is 8.01. The van der Waals surface area contributed by atoms with Gasteiger partial charge in [-0.1, -0.05) is 48.0 Å². The number of carbonyl (C=O) groups is 1. The van der Waals surface area contributed by atoms with Crippen LogP contribution in [-0.4, -0.2) is 28.1 Å². The second-order valence-corrected chi connectivity index (χ2v) is 6.54. The molecule has 1 heterocycles. The highest BCUT2D eigenvalue weighted by Gasteiger charge is 2.13. The molecule has 0 saturated carbocycles. The van der Waals surface area contributed by atoms with Crippen LogP contribution in [0, 0.1) is 11.3 Å². The SMILES string of the molecule is N=C(N)C1C=CC(CNC(=O)c2cnn(Cc3ccccc3Cl)c2)=CC1. The molecule has 0 saturated heterocycles. The minimum Gasteiger partial charge on any atom is -0.387 e. The standard InChI is InChI=1S/C19H20ClN5O/c20-17-4-2-1-3-15(17)11-25-12-16(10-24-25)19(26)23-9-13-5-7-14(8-6-13)18(21)22/h1-7,10,12,14H,8-9,11H2,(H3,21,22)(H,23,26). The molecular weight excluding hydrogens is 350 g/mol. The first-order valence-electron chi connectivity index (χ1n) is 8.28. The van der Waals surface area contributed by atoms with E-state index in [1.807, 2.05) is 42.5 Å². The van der Waals surface area contributed by atoms with Crippen molar-refractivity contribution in [2.45, 2.75) is 13.0 Å². The summed E-state index contributed by atoms with van der Waals surface area (Å²) in [6.45, 7) is 0.933. The lowest BCUT2D eigenvalue weighted by molar-refractivity contribution is 0.0957. The first-order chi connectivity index (χ1) is 12.5. The minimum atomic E-state index is -0.182. The molecule has 1 aliphatic carbocycles. The largest absolute Gasteiger partial charge is 0.387 e. The van der Waals surface area contributed by atoms with Crippen LogP contribution in [0.1, 0.15) is 22.3 Å². The molecule has 134 valence electrons. The highest BCUT2D eigenvalue weighted by atomic mass is 35.5. The zero-order valence-electron chi connectivity index (χ0n) is 14.2. The van der Waals surface area contributed by atoms with Crippen LogP contribution in [0.25, 0.3) is 0 Å². The van der Waals surface area contributed by atoms with Gasteiger partial charge in [-0.25, -0.2) is 0 Å². The third kappa shape index (κ3) is 4.40. The smallest absolute Gasteiger partial charge is 0.254 e. The molecule has 1 unspecified atom stereocenters. The zero-order valence-corrected chi connectivity index (χ0v) is 14.9. The van der Waals surface area contributed by atoms with Gasteiger partial charge in [0.05, 0.1) is 24.1 Å². The third-order valence-corrected chi connectivity index (χ3v) is 4.58. The fourth-order valence-electron chi connectivity index (χ4n) is 2.68. The van der Waals surface area contributed by atoms with E-state index in [9.17, 15) is 4.79 Å². The summed E-state index contributed by atoms with van der Waals surface area (Å²) >= 11 is 6.15. The monoisotopic (exact) mass is 369 g/mol. The first-order valence-corrected chi connectivity index (χ1v) is 8.66. The third-order valence-electron chi connectivity index (χ3n) is 4.21. The van der Waals surface area contributed by atoms with Gasteiger partial charge >= 0.3 is 0 Å². The Labute approximate surface area is 156 Å². The molecule has 0 bridgehead atoms. The molecule has 2 aromatic rings. The predicted octanol–water partition coefficient (Wildman–Crippen LogP) is 2.75. The Bertz CT molecular complexity index is 884. The molecular formula is C19H20ClN5O. The molecule has 1 atom stereocenters. The normalized spacial score (nSPS) is 16.2. The van der Waals surface area contributed by atoms with Crippen LogP contribution >= 0.6 is 11.6 Å². The van der Waals surface area contributed by atoms with Gasteiger partial charge in [0.25, 0.3) is 5.91 Å². The summed E-state index contributed by atoms with van der Waals surface area (Å²) in [4.78, 5) is 12.3. The Morgan fingerprint density at radius 2 is 2.23 bits per heavy atom. The average Bonchev–Trinajstić information content (AvgIpc) is 3.10. The van der Waals surface area contributed by atoms with Gasteiger partial charge < -0.3 is 11.1 Å². The van der Waals surface area contributed by atoms with E-state index in [0.717, 1.165) is 11.1 Å². The highest BCUT2D eigenvalue weighted by Crippen LogP contribution is 2.17. The van der Waals surface area contributed by atoms with Gasteiger partial charge in [0.15, 0.2) is 0 Å². The number of nitrogens with zero attached hydrogens (tertiary/aromatic N) is 2. The van der Waals surface area contributed by atoms with Crippen molar-refractivity contribution < 1.29 is 4.79 Å². The number of hydrogen-bond acceptors (Lipinski definition) is 3. The van der Waals surface area contributed by atoms with Gasteiger partial charge in [-0.05, 0) is 23.6 Å². The van der Waals surface area contributed by atoms with Crippen molar-refractivity contribution in [3.8, 4) is 0 Å². The Morgan fingerprint density at radius 1 is 1.42 bits per heavy atom. The lowest BCUT2D eigenvalue weighted by Crippen LogP contribution is -2.26. The van der Waals surface area contributed by atoms with Crippen LogP contribution in [-0.2, 0) is 6.54 Å². The van der Waals surface area contributed by atoms with Crippen molar-refractivity contribution in [3.05, 3.63) is 76.6 Å². The predicted molar refractivity (Wildman–Crippen MR) is 102 cm³/mol. The summed E-state index contributed by atoms with van der Waals surface area (Å²) in [6.07, 6.45) is 9.72. The quantitative estimate of drug-likeness (QED) is 0.539. The molecule has 0 radical (unpaired) electrons. The van der Waals surface area contributed by atoms with E-state index < -0.39 is 0 Å². The number of halogens is 1. The zero-order chi connectivity index (χ0) is 18.5. The molecule has 4 N–H and O–H groups in total. The van der Waals surface area contributed by atoms with Crippen molar-refractivity contribution in [1.29, 1.82) is 5.41 Å². The van der Waals surface area contributed by atoms with Crippen LogP contribution in [0.5, 0.6) is 0 Å². The number of allylic oxidation sites excluding steroid dienone is 1. The van der Waals surface area contributed by atoms with Gasteiger partial charge in [0.2, 0.25) is 0 Å². The molecule has 0 aliphatic heterocycles. The van der Waals surface area contributed by atoms with Gasteiger partial charge in [0, 0.05) is 23.7 Å². The number of rotatable bonds is 6. The number of carbonyl (C=O) groups excluding carboxylic acids is 1. The van der Waals surface area contributed by atoms with Gasteiger partial charge in [0.1, 0.15) is 0 Å². The number of hydrogen-bond donors (Lipinski definition) is 3. The number of aromatic nitrogens is 2. The van der Waals surface area contributed by atoms with E-state index in [1.54, 1.807) is 17.1 Å². The van der Waals surface area contributed by atoms with E-state index in [-0.39, 0.29) is 17.7 Å². The number of amidine groups is 1. The number of nitrogens with one attached hydrogen (secondary N) is 2. The second-order valence-electron chi connectivity index (χ2n) is 6.14. The highest BCUT2D eigenvalue weighted by molar-refractivity contribution is 6.31. The summed E-state index contributed by atoms with van der Waals surface area (Å²) in [5.74, 6) is -0.0672. The van der Waals surface area contributed by atoms with Crippen LogP contribution in [0.2, 0.25) is 5.02 Å². The molecule has 6 nitrogen and oxygen atoms in total. The fraction of sp³-hybridized carbons (Fsp3) is 0.211. The summed E-state index contributed by atoms with van der Waals surface area (Å²) in [7, 11) is 0. The van der Waals surface area contributed by atoms with Gasteiger partial charge in [-0.2, -0.15) is 5.10 Å². The first kappa shape index (κ1) is 17.9. The van der Waals surface area contributed by atoms with E-state index in [4.69, 9.17) is 22.7 Å². The maximum Gasteiger partial charge on any atom is 0.254 e. The van der Waals surface area contributed by atoms with E-state index in [2.05, 4.69) is 10.4 Å². The number of amides is 1. The maximum absolute atomic E-state index is 12.3. The molecule has 0 fully saturated rings. The Morgan fingerprint density at radius 3 is 2.92 bits per heavy atom. The molecule has 1 aromatic heterocycles. The molecule has 3 rings (SSSR count). The lowest BCUT2D eigenvalue weighted by atomic mass is 9.96. The van der Waals surface area contributed by atoms with E-state index in [0.29, 0.717) is 30.1 Å². The Kier molecular flexibility index (Phi) is 5.53. The Hall–Kier alpha value is -2.86. The fourth-order valence-corrected chi connectivity index (χ4v) is 2.87. The van der Waals surface area contributed by atoms with Crippen molar-refractivity contribution >= 4 is 23.3 Å². The average molecular weight is 370 g/mol. The molecule has 1 aliphatic rings.